The Balaban J connectivity index is 3.31. The maximum absolute atomic E-state index is 3.44. The van der Waals surface area contributed by atoms with E-state index in [1.165, 1.54) is 12.8 Å². The van der Waals surface area contributed by atoms with Crippen LogP contribution in [0, 0.1) is 11.3 Å². The van der Waals surface area contributed by atoms with Crippen molar-refractivity contribution < 1.29 is 0 Å². The molecule has 1 atom stereocenters. The van der Waals surface area contributed by atoms with Gasteiger partial charge in [-0.2, -0.15) is 0 Å². The third-order valence-electron chi connectivity index (χ3n) is 2.33. The molecule has 2 nitrogen and oxygen atoms in total. The normalized spacial score (nSPS) is 14.4. The van der Waals surface area contributed by atoms with Gasteiger partial charge in [0.1, 0.15) is 0 Å². The van der Waals surface area contributed by atoms with E-state index in [-0.39, 0.29) is 0 Å². The van der Waals surface area contributed by atoms with Crippen LogP contribution in [-0.2, 0) is 0 Å². The molecular weight excluding hydrogens is 172 g/mol. The molecule has 0 aliphatic rings. The first-order valence-corrected chi connectivity index (χ1v) is 5.81. The van der Waals surface area contributed by atoms with E-state index in [4.69, 9.17) is 0 Å². The van der Waals surface area contributed by atoms with Crippen LogP contribution in [0.4, 0.5) is 0 Å². The van der Waals surface area contributed by atoms with Crippen LogP contribution in [0.3, 0.4) is 0 Å². The van der Waals surface area contributed by atoms with Gasteiger partial charge in [-0.3, -0.25) is 0 Å². The van der Waals surface area contributed by atoms with Crippen LogP contribution >= 0.6 is 0 Å². The summed E-state index contributed by atoms with van der Waals surface area (Å²) >= 11 is 0. The molecule has 0 saturated carbocycles. The Bertz CT molecular complexity index is 127. The molecule has 0 spiro atoms. The lowest BCUT2D eigenvalue weighted by atomic mass is 9.84. The van der Waals surface area contributed by atoms with Gasteiger partial charge in [-0.15, -0.1) is 0 Å². The summed E-state index contributed by atoms with van der Waals surface area (Å²) in [6.45, 7) is 12.6. The molecule has 0 saturated heterocycles. The molecule has 0 aromatic heterocycles. The Kier molecular flexibility index (Phi) is 7.20. The van der Waals surface area contributed by atoms with Crippen LogP contribution in [0.15, 0.2) is 0 Å². The molecular formula is C12H28N2. The summed E-state index contributed by atoms with van der Waals surface area (Å²) in [4.78, 5) is 0. The molecule has 0 aromatic carbocycles. The van der Waals surface area contributed by atoms with Gasteiger partial charge in [0, 0.05) is 13.1 Å². The third-order valence-corrected chi connectivity index (χ3v) is 2.33. The van der Waals surface area contributed by atoms with E-state index in [1.54, 1.807) is 0 Å². The summed E-state index contributed by atoms with van der Waals surface area (Å²) in [5.74, 6) is 0.831. The topological polar surface area (TPSA) is 24.1 Å². The molecule has 0 radical (unpaired) electrons. The second kappa shape index (κ2) is 7.24. The molecule has 2 heteroatoms. The zero-order valence-electron chi connectivity index (χ0n) is 10.6. The smallest absolute Gasteiger partial charge is 0.00766 e. The number of rotatable bonds is 7. The lowest BCUT2D eigenvalue weighted by molar-refractivity contribution is 0.295. The van der Waals surface area contributed by atoms with Crippen molar-refractivity contribution in [3.63, 3.8) is 0 Å². The SMILES string of the molecule is CNCCNCCC(C)CC(C)(C)C. The number of likely N-dealkylation sites (N-methyl/N-ethyl adjacent to an activating group) is 1. The quantitative estimate of drug-likeness (QED) is 0.616. The zero-order chi connectivity index (χ0) is 11.0. The van der Waals surface area contributed by atoms with Crippen LogP contribution in [0.1, 0.15) is 40.5 Å². The van der Waals surface area contributed by atoms with Crippen LogP contribution in [0.5, 0.6) is 0 Å². The maximum Gasteiger partial charge on any atom is 0.00766 e. The van der Waals surface area contributed by atoms with Crippen molar-refractivity contribution in [3.8, 4) is 0 Å². The molecule has 0 fully saturated rings. The summed E-state index contributed by atoms with van der Waals surface area (Å²) in [6.07, 6.45) is 2.61. The van der Waals surface area contributed by atoms with Crippen molar-refractivity contribution in [2.24, 2.45) is 11.3 Å². The van der Waals surface area contributed by atoms with Crippen molar-refractivity contribution in [2.75, 3.05) is 26.7 Å². The highest BCUT2D eigenvalue weighted by Gasteiger charge is 2.14. The summed E-state index contributed by atoms with van der Waals surface area (Å²) in [5, 5.41) is 6.57. The van der Waals surface area contributed by atoms with Crippen LogP contribution in [0.25, 0.3) is 0 Å². The number of nitrogens with one attached hydrogen (secondary N) is 2. The van der Waals surface area contributed by atoms with E-state index >= 15 is 0 Å². The Morgan fingerprint density at radius 3 is 2.21 bits per heavy atom. The predicted molar refractivity (Wildman–Crippen MR) is 64.6 cm³/mol. The van der Waals surface area contributed by atoms with Gasteiger partial charge in [0.2, 0.25) is 0 Å². The first kappa shape index (κ1) is 13.9. The molecule has 0 aliphatic carbocycles. The van der Waals surface area contributed by atoms with Gasteiger partial charge in [0.05, 0.1) is 0 Å². The fraction of sp³-hybridized carbons (Fsp3) is 1.00. The molecule has 0 amide bonds. The van der Waals surface area contributed by atoms with Crippen molar-refractivity contribution >= 4 is 0 Å². The summed E-state index contributed by atoms with van der Waals surface area (Å²) in [7, 11) is 1.99. The van der Waals surface area contributed by atoms with Crippen molar-refractivity contribution in [3.05, 3.63) is 0 Å². The molecule has 0 aliphatic heterocycles. The average molecular weight is 200 g/mol. The predicted octanol–water partition coefficient (Wildman–Crippen LogP) is 2.26. The molecule has 1 unspecified atom stereocenters. The van der Waals surface area contributed by atoms with E-state index < -0.39 is 0 Å². The van der Waals surface area contributed by atoms with Gasteiger partial charge in [-0.05, 0) is 37.8 Å². The molecule has 0 aromatic rings. The maximum atomic E-state index is 3.44. The van der Waals surface area contributed by atoms with E-state index in [9.17, 15) is 0 Å². The van der Waals surface area contributed by atoms with Crippen LogP contribution in [0.2, 0.25) is 0 Å². The third kappa shape index (κ3) is 10.0. The second-order valence-corrected chi connectivity index (χ2v) is 5.51. The monoisotopic (exact) mass is 200 g/mol. The van der Waals surface area contributed by atoms with Gasteiger partial charge in [0.15, 0.2) is 0 Å². The Hall–Kier alpha value is -0.0800. The fourth-order valence-corrected chi connectivity index (χ4v) is 1.83. The highest BCUT2D eigenvalue weighted by Crippen LogP contribution is 2.25. The van der Waals surface area contributed by atoms with Crippen LogP contribution < -0.4 is 10.6 Å². The minimum absolute atomic E-state index is 0.477. The lowest BCUT2D eigenvalue weighted by Crippen LogP contribution is -2.27. The average Bonchev–Trinajstić information content (AvgIpc) is 2.00. The Morgan fingerprint density at radius 2 is 1.71 bits per heavy atom. The van der Waals surface area contributed by atoms with Crippen molar-refractivity contribution in [1.82, 2.24) is 10.6 Å². The van der Waals surface area contributed by atoms with Gasteiger partial charge in [0.25, 0.3) is 0 Å². The summed E-state index contributed by atoms with van der Waals surface area (Å²) < 4.78 is 0. The van der Waals surface area contributed by atoms with E-state index in [2.05, 4.69) is 38.3 Å². The molecule has 2 N–H and O–H groups in total. The standard InChI is InChI=1S/C12H28N2/c1-11(10-12(2,3)4)6-7-14-9-8-13-5/h11,13-14H,6-10H2,1-5H3. The summed E-state index contributed by atoms with van der Waals surface area (Å²) in [6, 6.07) is 0. The van der Waals surface area contributed by atoms with E-state index in [0.717, 1.165) is 25.6 Å². The Labute approximate surface area is 89.9 Å². The molecule has 0 heterocycles. The largest absolute Gasteiger partial charge is 0.318 e. The van der Waals surface area contributed by atoms with Crippen LogP contribution in [-0.4, -0.2) is 26.7 Å². The van der Waals surface area contributed by atoms with Gasteiger partial charge < -0.3 is 10.6 Å². The number of hydrogen-bond acceptors (Lipinski definition) is 2. The fourth-order valence-electron chi connectivity index (χ4n) is 1.83. The second-order valence-electron chi connectivity index (χ2n) is 5.51. The summed E-state index contributed by atoms with van der Waals surface area (Å²) in [5.41, 5.74) is 0.477. The van der Waals surface area contributed by atoms with Crippen molar-refractivity contribution in [2.45, 2.75) is 40.5 Å². The minimum atomic E-state index is 0.477. The zero-order valence-corrected chi connectivity index (χ0v) is 10.6. The first-order chi connectivity index (χ1) is 6.45. The van der Waals surface area contributed by atoms with E-state index in [0.29, 0.717) is 5.41 Å². The highest BCUT2D eigenvalue weighted by molar-refractivity contribution is 4.67. The minimum Gasteiger partial charge on any atom is -0.318 e. The Morgan fingerprint density at radius 1 is 1.07 bits per heavy atom. The molecule has 86 valence electrons. The lowest BCUT2D eigenvalue weighted by Gasteiger charge is -2.23. The molecule has 0 rings (SSSR count). The first-order valence-electron chi connectivity index (χ1n) is 5.81. The van der Waals surface area contributed by atoms with Crippen molar-refractivity contribution in [1.29, 1.82) is 0 Å². The number of hydrogen-bond donors (Lipinski definition) is 2. The molecule has 0 bridgehead atoms. The van der Waals surface area contributed by atoms with Gasteiger partial charge in [-0.1, -0.05) is 27.7 Å². The van der Waals surface area contributed by atoms with Gasteiger partial charge in [-0.25, -0.2) is 0 Å². The van der Waals surface area contributed by atoms with Gasteiger partial charge >= 0.3 is 0 Å². The highest BCUT2D eigenvalue weighted by atomic mass is 14.9. The molecule has 14 heavy (non-hydrogen) atoms. The van der Waals surface area contributed by atoms with E-state index in [1.807, 2.05) is 7.05 Å².